The van der Waals surface area contributed by atoms with Gasteiger partial charge in [0.25, 0.3) is 5.91 Å². The van der Waals surface area contributed by atoms with E-state index in [0.29, 0.717) is 17.3 Å². The van der Waals surface area contributed by atoms with Crippen molar-refractivity contribution in [2.24, 2.45) is 5.92 Å². The fourth-order valence-electron chi connectivity index (χ4n) is 2.34. The van der Waals surface area contributed by atoms with E-state index in [0.717, 1.165) is 25.7 Å². The molecule has 1 aromatic rings. The second kappa shape index (κ2) is 6.71. The van der Waals surface area contributed by atoms with Gasteiger partial charge in [-0.15, -0.1) is 0 Å². The zero-order chi connectivity index (χ0) is 13.8. The van der Waals surface area contributed by atoms with Crippen molar-refractivity contribution in [3.8, 4) is 0 Å². The van der Waals surface area contributed by atoms with Gasteiger partial charge >= 0.3 is 0 Å². The van der Waals surface area contributed by atoms with Gasteiger partial charge in [-0.25, -0.2) is 4.39 Å². The van der Waals surface area contributed by atoms with Crippen LogP contribution in [-0.4, -0.2) is 17.3 Å². The second-order valence-electron chi connectivity index (χ2n) is 4.93. The maximum absolute atomic E-state index is 13.3. The Labute approximate surface area is 125 Å². The predicted octanol–water partition coefficient (Wildman–Crippen LogP) is 4.16. The van der Waals surface area contributed by atoms with Gasteiger partial charge in [-0.3, -0.25) is 4.79 Å². The van der Waals surface area contributed by atoms with Crippen LogP contribution in [0.1, 0.15) is 36.0 Å². The van der Waals surface area contributed by atoms with Gasteiger partial charge in [0.1, 0.15) is 5.82 Å². The highest BCUT2D eigenvalue weighted by Gasteiger charge is 2.20. The van der Waals surface area contributed by atoms with Gasteiger partial charge in [-0.05, 0) is 43.7 Å². The minimum absolute atomic E-state index is 0.107. The molecule has 1 fully saturated rings. The first-order valence-electron chi connectivity index (χ1n) is 6.44. The summed E-state index contributed by atoms with van der Waals surface area (Å²) in [7, 11) is 0. The minimum Gasteiger partial charge on any atom is -0.352 e. The maximum Gasteiger partial charge on any atom is 0.252 e. The predicted molar refractivity (Wildman–Crippen MR) is 78.4 cm³/mol. The summed E-state index contributed by atoms with van der Waals surface area (Å²) >= 11 is 9.39. The van der Waals surface area contributed by atoms with Gasteiger partial charge in [-0.1, -0.05) is 33.6 Å². The van der Waals surface area contributed by atoms with Crippen molar-refractivity contribution >= 4 is 33.4 Å². The van der Waals surface area contributed by atoms with E-state index < -0.39 is 5.82 Å². The quantitative estimate of drug-likeness (QED) is 0.816. The van der Waals surface area contributed by atoms with E-state index in [-0.39, 0.29) is 16.5 Å². The molecule has 1 amide bonds. The number of hydrogen-bond acceptors (Lipinski definition) is 1. The van der Waals surface area contributed by atoms with Gasteiger partial charge < -0.3 is 5.32 Å². The molecule has 0 aliphatic heterocycles. The van der Waals surface area contributed by atoms with Gasteiger partial charge in [0, 0.05) is 11.4 Å². The molecule has 0 unspecified atom stereocenters. The lowest BCUT2D eigenvalue weighted by Crippen LogP contribution is -2.31. The summed E-state index contributed by atoms with van der Waals surface area (Å²) in [6.45, 7) is 0.630. The average Bonchev–Trinajstić information content (AvgIpc) is 2.41. The molecule has 0 radical (unpaired) electrons. The van der Waals surface area contributed by atoms with Gasteiger partial charge in [0.15, 0.2) is 0 Å². The number of carbonyl (C=O) groups is 1. The molecule has 0 bridgehead atoms. The van der Waals surface area contributed by atoms with Crippen molar-refractivity contribution in [2.75, 3.05) is 6.54 Å². The average molecular weight is 349 g/mol. The van der Waals surface area contributed by atoms with E-state index in [1.807, 2.05) is 0 Å². The molecule has 0 heterocycles. The molecule has 1 N–H and O–H groups in total. The smallest absolute Gasteiger partial charge is 0.252 e. The Morgan fingerprint density at radius 1 is 1.37 bits per heavy atom. The van der Waals surface area contributed by atoms with Crippen LogP contribution >= 0.6 is 27.5 Å². The lowest BCUT2D eigenvalue weighted by atomic mass is 9.89. The van der Waals surface area contributed by atoms with Crippen molar-refractivity contribution in [2.45, 2.75) is 30.5 Å². The number of hydrogen-bond donors (Lipinski definition) is 1. The van der Waals surface area contributed by atoms with Crippen LogP contribution in [-0.2, 0) is 0 Å². The molecule has 1 saturated carbocycles. The first-order chi connectivity index (χ1) is 9.08. The van der Waals surface area contributed by atoms with Gasteiger partial charge in [0.2, 0.25) is 0 Å². The van der Waals surface area contributed by atoms with Crippen LogP contribution < -0.4 is 5.32 Å². The summed E-state index contributed by atoms with van der Waals surface area (Å²) in [6, 6.07) is 4.28. The van der Waals surface area contributed by atoms with Crippen LogP contribution in [0.4, 0.5) is 4.39 Å². The van der Waals surface area contributed by atoms with E-state index in [9.17, 15) is 9.18 Å². The first kappa shape index (κ1) is 14.8. The lowest BCUT2D eigenvalue weighted by Gasteiger charge is -2.25. The monoisotopic (exact) mass is 347 g/mol. The Bertz CT molecular complexity index is 461. The number of carbonyl (C=O) groups excluding carboxylic acids is 1. The highest BCUT2D eigenvalue weighted by Crippen LogP contribution is 2.28. The molecule has 0 aromatic heterocycles. The van der Waals surface area contributed by atoms with Crippen molar-refractivity contribution < 1.29 is 9.18 Å². The number of amides is 1. The Balaban J connectivity index is 1.89. The summed E-state index contributed by atoms with van der Waals surface area (Å²) in [4.78, 5) is 12.6. The fraction of sp³-hybridized carbons (Fsp3) is 0.500. The first-order valence-corrected chi connectivity index (χ1v) is 7.73. The van der Waals surface area contributed by atoms with Crippen LogP contribution in [0.5, 0.6) is 0 Å². The normalized spacial score (nSPS) is 23.1. The van der Waals surface area contributed by atoms with E-state index >= 15 is 0 Å². The van der Waals surface area contributed by atoms with Crippen LogP contribution in [0.15, 0.2) is 18.2 Å². The number of alkyl halides is 1. The molecule has 2 nitrogen and oxygen atoms in total. The summed E-state index contributed by atoms with van der Waals surface area (Å²) in [6.07, 6.45) is 4.49. The minimum atomic E-state index is -0.561. The SMILES string of the molecule is O=C(NCC1CCC(Br)CC1)c1cccc(F)c1Cl. The Morgan fingerprint density at radius 3 is 2.74 bits per heavy atom. The second-order valence-corrected chi connectivity index (χ2v) is 6.60. The van der Waals surface area contributed by atoms with Crippen molar-refractivity contribution in [3.63, 3.8) is 0 Å². The molecule has 0 atom stereocenters. The zero-order valence-corrected chi connectivity index (χ0v) is 12.8. The summed E-state index contributed by atoms with van der Waals surface area (Å²) in [5.41, 5.74) is 0.204. The number of benzene rings is 1. The molecule has 1 aromatic carbocycles. The topological polar surface area (TPSA) is 29.1 Å². The van der Waals surface area contributed by atoms with E-state index in [2.05, 4.69) is 21.2 Å². The Morgan fingerprint density at radius 2 is 2.05 bits per heavy atom. The van der Waals surface area contributed by atoms with Crippen LogP contribution in [0.25, 0.3) is 0 Å². The number of halogens is 3. The highest BCUT2D eigenvalue weighted by molar-refractivity contribution is 9.09. The molecular weight excluding hydrogens is 333 g/mol. The molecule has 0 saturated heterocycles. The molecule has 5 heteroatoms. The lowest BCUT2D eigenvalue weighted by molar-refractivity contribution is 0.0943. The third-order valence-corrected chi connectivity index (χ3v) is 4.82. The molecule has 0 spiro atoms. The van der Waals surface area contributed by atoms with E-state index in [1.165, 1.54) is 18.2 Å². The molecule has 104 valence electrons. The van der Waals surface area contributed by atoms with Gasteiger partial charge in [-0.2, -0.15) is 0 Å². The fourth-order valence-corrected chi connectivity index (χ4v) is 3.08. The Kier molecular flexibility index (Phi) is 5.22. The van der Waals surface area contributed by atoms with Gasteiger partial charge in [0.05, 0.1) is 10.6 Å². The Hall–Kier alpha value is -0.610. The summed E-state index contributed by atoms with van der Waals surface area (Å²) in [5, 5.41) is 2.74. The molecular formula is C14H16BrClFNO. The molecule has 1 aliphatic carbocycles. The van der Waals surface area contributed by atoms with E-state index in [1.54, 1.807) is 0 Å². The third-order valence-electron chi connectivity index (χ3n) is 3.52. The zero-order valence-electron chi connectivity index (χ0n) is 10.5. The summed E-state index contributed by atoms with van der Waals surface area (Å²) in [5.74, 6) is -0.357. The van der Waals surface area contributed by atoms with Crippen LogP contribution in [0, 0.1) is 11.7 Å². The van der Waals surface area contributed by atoms with Crippen molar-refractivity contribution in [1.82, 2.24) is 5.32 Å². The molecule has 2 rings (SSSR count). The van der Waals surface area contributed by atoms with Crippen LogP contribution in [0.3, 0.4) is 0 Å². The highest BCUT2D eigenvalue weighted by atomic mass is 79.9. The van der Waals surface area contributed by atoms with E-state index in [4.69, 9.17) is 11.6 Å². The van der Waals surface area contributed by atoms with Crippen molar-refractivity contribution in [3.05, 3.63) is 34.6 Å². The largest absolute Gasteiger partial charge is 0.352 e. The van der Waals surface area contributed by atoms with Crippen molar-refractivity contribution in [1.29, 1.82) is 0 Å². The maximum atomic E-state index is 13.3. The third kappa shape index (κ3) is 3.93. The number of rotatable bonds is 3. The summed E-state index contributed by atoms with van der Waals surface area (Å²) < 4.78 is 13.3. The number of nitrogens with one attached hydrogen (secondary N) is 1. The standard InChI is InChI=1S/C14H16BrClFNO/c15-10-6-4-9(5-7-10)8-18-14(19)11-2-1-3-12(17)13(11)16/h1-3,9-10H,4-8H2,(H,18,19). The molecule has 1 aliphatic rings. The van der Waals surface area contributed by atoms with Crippen LogP contribution in [0.2, 0.25) is 5.02 Å². The molecule has 19 heavy (non-hydrogen) atoms.